The van der Waals surface area contributed by atoms with Gasteiger partial charge in [0.1, 0.15) is 5.70 Å². The second kappa shape index (κ2) is 8.20. The molecule has 8 nitrogen and oxygen atoms in total. The van der Waals surface area contributed by atoms with Gasteiger partial charge >= 0.3 is 0 Å². The number of carbonyl (C=O) groups excluding carboxylic acids is 2. The molecule has 2 aliphatic heterocycles. The molecule has 2 aromatic rings. The Morgan fingerprint density at radius 3 is 2.03 bits per heavy atom. The van der Waals surface area contributed by atoms with Gasteiger partial charge in [-0.2, -0.15) is 0 Å². The second-order valence-electron chi connectivity index (χ2n) is 8.48. The average molecular weight is 435 g/mol. The van der Waals surface area contributed by atoms with E-state index < -0.39 is 16.7 Å². The molecule has 0 N–H and O–H groups in total. The number of rotatable bonds is 4. The highest BCUT2D eigenvalue weighted by Crippen LogP contribution is 2.37. The van der Waals surface area contributed by atoms with Gasteiger partial charge in [0.25, 0.3) is 17.5 Å². The van der Waals surface area contributed by atoms with E-state index in [4.69, 9.17) is 4.74 Å². The summed E-state index contributed by atoms with van der Waals surface area (Å²) in [6, 6.07) is 11.3. The van der Waals surface area contributed by atoms with Crippen LogP contribution < -0.4 is 4.90 Å². The molecule has 0 bridgehead atoms. The maximum Gasteiger partial charge on any atom is 0.282 e. The minimum Gasteiger partial charge on any atom is -0.372 e. The van der Waals surface area contributed by atoms with Crippen molar-refractivity contribution in [3.8, 4) is 0 Å². The number of nitro groups is 1. The van der Waals surface area contributed by atoms with E-state index in [0.717, 1.165) is 11.1 Å². The van der Waals surface area contributed by atoms with Crippen molar-refractivity contribution in [1.82, 2.24) is 4.90 Å². The SMILES string of the molecule is Cc1cc(C)cc(N2C(=O)C(c3ccc([N+](=O)[O-])cc3)=C(N3CC(C)OC(C)C3)C2=O)c1. The summed E-state index contributed by atoms with van der Waals surface area (Å²) in [5.74, 6) is -0.828. The molecule has 2 aliphatic rings. The van der Waals surface area contributed by atoms with Crippen molar-refractivity contribution in [2.24, 2.45) is 0 Å². The topological polar surface area (TPSA) is 93.0 Å². The van der Waals surface area contributed by atoms with Crippen LogP contribution in [0.5, 0.6) is 0 Å². The van der Waals surface area contributed by atoms with Crippen LogP contribution in [0.4, 0.5) is 11.4 Å². The maximum absolute atomic E-state index is 13.7. The summed E-state index contributed by atoms with van der Waals surface area (Å²) in [6.45, 7) is 8.62. The van der Waals surface area contributed by atoms with Crippen LogP contribution in [0.3, 0.4) is 0 Å². The van der Waals surface area contributed by atoms with E-state index in [-0.39, 0.29) is 23.5 Å². The smallest absolute Gasteiger partial charge is 0.282 e. The van der Waals surface area contributed by atoms with Crippen LogP contribution >= 0.6 is 0 Å². The number of nitrogens with zero attached hydrogens (tertiary/aromatic N) is 3. The molecule has 4 rings (SSSR count). The molecule has 0 spiro atoms. The number of non-ortho nitro benzene ring substituents is 1. The molecule has 0 aromatic heterocycles. The third-order valence-electron chi connectivity index (χ3n) is 5.63. The van der Waals surface area contributed by atoms with Gasteiger partial charge in [0.05, 0.1) is 28.4 Å². The molecular formula is C24H25N3O5. The number of ether oxygens (including phenoxy) is 1. The van der Waals surface area contributed by atoms with Gasteiger partial charge in [0, 0.05) is 25.2 Å². The summed E-state index contributed by atoms with van der Waals surface area (Å²) < 4.78 is 5.81. The van der Waals surface area contributed by atoms with Gasteiger partial charge in [-0.05, 0) is 68.7 Å². The van der Waals surface area contributed by atoms with E-state index >= 15 is 0 Å². The molecular weight excluding hydrogens is 410 g/mol. The van der Waals surface area contributed by atoms with Crippen molar-refractivity contribution in [3.05, 3.63) is 75.0 Å². The average Bonchev–Trinajstić information content (AvgIpc) is 2.96. The predicted molar refractivity (Wildman–Crippen MR) is 120 cm³/mol. The Labute approximate surface area is 186 Å². The summed E-state index contributed by atoms with van der Waals surface area (Å²) in [6.07, 6.45) is -0.218. The van der Waals surface area contributed by atoms with Crippen molar-refractivity contribution >= 4 is 28.8 Å². The van der Waals surface area contributed by atoms with E-state index in [2.05, 4.69) is 0 Å². The zero-order chi connectivity index (χ0) is 23.2. The number of morpholine rings is 1. The molecule has 2 amide bonds. The van der Waals surface area contributed by atoms with Crippen LogP contribution in [0.2, 0.25) is 0 Å². The molecule has 2 atom stereocenters. The Balaban J connectivity index is 1.85. The summed E-state index contributed by atoms with van der Waals surface area (Å²) >= 11 is 0. The number of hydrogen-bond donors (Lipinski definition) is 0. The maximum atomic E-state index is 13.7. The van der Waals surface area contributed by atoms with Crippen LogP contribution in [-0.4, -0.2) is 46.9 Å². The lowest BCUT2D eigenvalue weighted by Gasteiger charge is -2.37. The molecule has 32 heavy (non-hydrogen) atoms. The summed E-state index contributed by atoms with van der Waals surface area (Å²) in [5, 5.41) is 11.1. The first-order valence-electron chi connectivity index (χ1n) is 10.5. The first kappa shape index (κ1) is 21.7. The number of aryl methyl sites for hydroxylation is 2. The van der Waals surface area contributed by atoms with Gasteiger partial charge in [-0.3, -0.25) is 19.7 Å². The lowest BCUT2D eigenvalue weighted by Crippen LogP contribution is -2.47. The van der Waals surface area contributed by atoms with E-state index in [0.29, 0.717) is 30.0 Å². The van der Waals surface area contributed by atoms with E-state index in [9.17, 15) is 19.7 Å². The number of anilines is 1. The number of imide groups is 1. The monoisotopic (exact) mass is 435 g/mol. The van der Waals surface area contributed by atoms with E-state index in [1.165, 1.54) is 29.2 Å². The standard InChI is InChI=1S/C24H25N3O5/c1-14-9-15(2)11-20(10-14)26-23(28)21(18-5-7-19(8-6-18)27(30)31)22(24(26)29)25-12-16(3)32-17(4)13-25/h5-11,16-17H,12-13H2,1-4H3. The molecule has 2 aromatic carbocycles. The minimum absolute atomic E-state index is 0.0764. The Morgan fingerprint density at radius 2 is 1.50 bits per heavy atom. The van der Waals surface area contributed by atoms with Crippen molar-refractivity contribution in [2.45, 2.75) is 39.9 Å². The molecule has 1 fully saturated rings. The van der Waals surface area contributed by atoms with Crippen molar-refractivity contribution in [1.29, 1.82) is 0 Å². The first-order valence-corrected chi connectivity index (χ1v) is 10.5. The van der Waals surface area contributed by atoms with Crippen molar-refractivity contribution < 1.29 is 19.2 Å². The fourth-order valence-electron chi connectivity index (χ4n) is 4.50. The van der Waals surface area contributed by atoms with Crippen LogP contribution in [0.15, 0.2) is 48.2 Å². The molecule has 8 heteroatoms. The van der Waals surface area contributed by atoms with Crippen LogP contribution in [0, 0.1) is 24.0 Å². The largest absolute Gasteiger partial charge is 0.372 e. The minimum atomic E-state index is -0.492. The fourth-order valence-corrected chi connectivity index (χ4v) is 4.50. The Hall–Kier alpha value is -3.52. The van der Waals surface area contributed by atoms with Crippen molar-refractivity contribution in [2.75, 3.05) is 18.0 Å². The van der Waals surface area contributed by atoms with Gasteiger partial charge < -0.3 is 9.64 Å². The molecule has 0 saturated carbocycles. The third kappa shape index (κ3) is 3.89. The molecule has 2 heterocycles. The number of amides is 2. The molecule has 0 aliphatic carbocycles. The zero-order valence-electron chi connectivity index (χ0n) is 18.5. The molecule has 2 unspecified atom stereocenters. The van der Waals surface area contributed by atoms with E-state index in [1.54, 1.807) is 0 Å². The summed E-state index contributed by atoms with van der Waals surface area (Å²) in [5.41, 5.74) is 3.37. The Morgan fingerprint density at radius 1 is 0.938 bits per heavy atom. The van der Waals surface area contributed by atoms with Crippen LogP contribution in [0.1, 0.15) is 30.5 Å². The van der Waals surface area contributed by atoms with Gasteiger partial charge in [-0.15, -0.1) is 0 Å². The number of nitro benzene ring substituents is 1. The third-order valence-corrected chi connectivity index (χ3v) is 5.63. The molecule has 166 valence electrons. The lowest BCUT2D eigenvalue weighted by atomic mass is 10.0. The summed E-state index contributed by atoms with van der Waals surface area (Å²) in [4.78, 5) is 41.0. The Bertz CT molecular complexity index is 1110. The molecule has 1 saturated heterocycles. The number of benzene rings is 2. The van der Waals surface area contributed by atoms with Gasteiger partial charge in [0.15, 0.2) is 0 Å². The number of carbonyl (C=O) groups is 2. The van der Waals surface area contributed by atoms with Gasteiger partial charge in [-0.1, -0.05) is 6.07 Å². The van der Waals surface area contributed by atoms with Gasteiger partial charge in [0.2, 0.25) is 0 Å². The Kier molecular flexibility index (Phi) is 5.56. The number of hydrogen-bond acceptors (Lipinski definition) is 6. The van der Waals surface area contributed by atoms with E-state index in [1.807, 2.05) is 50.8 Å². The van der Waals surface area contributed by atoms with Crippen LogP contribution in [-0.2, 0) is 14.3 Å². The normalized spacial score (nSPS) is 21.5. The second-order valence-corrected chi connectivity index (χ2v) is 8.48. The van der Waals surface area contributed by atoms with Crippen molar-refractivity contribution in [3.63, 3.8) is 0 Å². The molecule has 0 radical (unpaired) electrons. The summed E-state index contributed by atoms with van der Waals surface area (Å²) in [7, 11) is 0. The highest BCUT2D eigenvalue weighted by Gasteiger charge is 2.44. The zero-order valence-corrected chi connectivity index (χ0v) is 18.5. The lowest BCUT2D eigenvalue weighted by molar-refractivity contribution is -0.384. The highest BCUT2D eigenvalue weighted by molar-refractivity contribution is 6.45. The van der Waals surface area contributed by atoms with Gasteiger partial charge in [-0.25, -0.2) is 4.90 Å². The van der Waals surface area contributed by atoms with Crippen LogP contribution in [0.25, 0.3) is 5.57 Å². The first-order chi connectivity index (χ1) is 15.2. The quantitative estimate of drug-likeness (QED) is 0.414. The predicted octanol–water partition coefficient (Wildman–Crippen LogP) is 3.61. The highest BCUT2D eigenvalue weighted by atomic mass is 16.6. The fraction of sp³-hybridized carbons (Fsp3) is 0.333.